The van der Waals surface area contributed by atoms with Crippen molar-refractivity contribution in [1.29, 1.82) is 5.41 Å². The monoisotopic (exact) mass is 432 g/mol. The first-order valence-corrected chi connectivity index (χ1v) is 9.61. The van der Waals surface area contributed by atoms with Crippen LogP contribution < -0.4 is 11.1 Å². The van der Waals surface area contributed by atoms with Crippen LogP contribution in [0.25, 0.3) is 11.3 Å². The van der Waals surface area contributed by atoms with E-state index in [9.17, 15) is 4.79 Å². The standard InChI is InChI=1S/C22H17ClN6O2/c23-14-3-6-16-17(9-14)20(18(25)7-8-24)26-10-13-11-27-22(29-19(13)16)28-15-4-1-12(2-5-15)21(30)31/h1-9,11,24H,10,25H2,(H,30,31)(H,27,28,29)/b18-7-,24-8?. The number of aliphatic imine (C=N–C) groups is 1. The number of hydrogen-bond donors (Lipinski definition) is 4. The van der Waals surface area contributed by atoms with E-state index in [0.29, 0.717) is 40.3 Å². The Morgan fingerprint density at radius 3 is 2.68 bits per heavy atom. The van der Waals surface area contributed by atoms with Gasteiger partial charge in [-0.15, -0.1) is 0 Å². The Bertz CT molecular complexity index is 1250. The molecule has 0 aliphatic carbocycles. The summed E-state index contributed by atoms with van der Waals surface area (Å²) in [6.07, 6.45) is 4.27. The minimum Gasteiger partial charge on any atom is -0.478 e. The number of allylic oxidation sites excluding steroid dienone is 2. The van der Waals surface area contributed by atoms with E-state index in [2.05, 4.69) is 20.3 Å². The molecule has 31 heavy (non-hydrogen) atoms. The summed E-state index contributed by atoms with van der Waals surface area (Å²) in [5.41, 5.74) is 10.9. The number of carboxylic acid groups (broad SMARTS) is 1. The molecule has 9 heteroatoms. The zero-order chi connectivity index (χ0) is 22.0. The van der Waals surface area contributed by atoms with Crippen LogP contribution in [0.4, 0.5) is 11.6 Å². The van der Waals surface area contributed by atoms with Crippen molar-refractivity contribution < 1.29 is 9.90 Å². The smallest absolute Gasteiger partial charge is 0.335 e. The van der Waals surface area contributed by atoms with E-state index in [0.717, 1.165) is 22.9 Å². The molecule has 4 rings (SSSR count). The van der Waals surface area contributed by atoms with Crippen LogP contribution >= 0.6 is 11.6 Å². The Labute approximate surface area is 182 Å². The van der Waals surface area contributed by atoms with Crippen molar-refractivity contribution in [3.05, 3.63) is 82.1 Å². The van der Waals surface area contributed by atoms with E-state index in [1.54, 1.807) is 30.5 Å². The number of hydrogen-bond acceptors (Lipinski definition) is 7. The van der Waals surface area contributed by atoms with Crippen LogP contribution in [0.15, 0.2) is 65.4 Å². The molecule has 0 spiro atoms. The van der Waals surface area contributed by atoms with E-state index < -0.39 is 5.97 Å². The Kier molecular flexibility index (Phi) is 5.46. The summed E-state index contributed by atoms with van der Waals surface area (Å²) in [6, 6.07) is 11.7. The van der Waals surface area contributed by atoms with Gasteiger partial charge in [0.15, 0.2) is 0 Å². The first-order valence-electron chi connectivity index (χ1n) is 9.24. The fraction of sp³-hybridized carbons (Fsp3) is 0.0455. The molecule has 1 aliphatic heterocycles. The lowest BCUT2D eigenvalue weighted by Crippen LogP contribution is -2.14. The van der Waals surface area contributed by atoms with Gasteiger partial charge in [0.05, 0.1) is 29.2 Å². The molecule has 0 radical (unpaired) electrons. The van der Waals surface area contributed by atoms with Crippen LogP contribution in [-0.2, 0) is 6.54 Å². The zero-order valence-corrected chi connectivity index (χ0v) is 16.9. The molecule has 0 amide bonds. The summed E-state index contributed by atoms with van der Waals surface area (Å²) in [6.45, 7) is 0.317. The molecule has 5 N–H and O–H groups in total. The number of benzene rings is 2. The van der Waals surface area contributed by atoms with Crippen LogP contribution in [0.3, 0.4) is 0 Å². The lowest BCUT2D eigenvalue weighted by Gasteiger charge is -2.12. The van der Waals surface area contributed by atoms with Crippen molar-refractivity contribution >= 4 is 41.1 Å². The van der Waals surface area contributed by atoms with Crippen LogP contribution in [-0.4, -0.2) is 33.0 Å². The molecule has 0 fully saturated rings. The number of anilines is 2. The summed E-state index contributed by atoms with van der Waals surface area (Å²) >= 11 is 6.23. The molecule has 0 bridgehead atoms. The molecule has 2 aromatic carbocycles. The average molecular weight is 433 g/mol. The molecule has 0 unspecified atom stereocenters. The van der Waals surface area contributed by atoms with Gasteiger partial charge in [0.2, 0.25) is 5.95 Å². The number of aromatic carboxylic acids is 1. The van der Waals surface area contributed by atoms with E-state index in [1.807, 2.05) is 6.07 Å². The fourth-order valence-electron chi connectivity index (χ4n) is 3.22. The summed E-state index contributed by atoms with van der Waals surface area (Å²) in [7, 11) is 0. The molecule has 0 saturated heterocycles. The number of halogens is 1. The summed E-state index contributed by atoms with van der Waals surface area (Å²) in [4.78, 5) is 24.7. The predicted molar refractivity (Wildman–Crippen MR) is 120 cm³/mol. The maximum atomic E-state index is 11.0. The molecular formula is C22H17ClN6O2. The molecule has 154 valence electrons. The number of carboxylic acids is 1. The second-order valence-corrected chi connectivity index (χ2v) is 7.15. The van der Waals surface area contributed by atoms with Gasteiger partial charge < -0.3 is 21.6 Å². The van der Waals surface area contributed by atoms with Crippen LogP contribution in [0, 0.1) is 5.41 Å². The summed E-state index contributed by atoms with van der Waals surface area (Å²) in [5.74, 6) is -0.635. The van der Waals surface area contributed by atoms with Gasteiger partial charge >= 0.3 is 5.97 Å². The van der Waals surface area contributed by atoms with Crippen molar-refractivity contribution in [1.82, 2.24) is 9.97 Å². The minimum atomic E-state index is -0.991. The summed E-state index contributed by atoms with van der Waals surface area (Å²) in [5, 5.41) is 20.0. The Hall–Kier alpha value is -4.04. The first-order chi connectivity index (χ1) is 15.0. The Morgan fingerprint density at radius 2 is 1.97 bits per heavy atom. The van der Waals surface area contributed by atoms with Gasteiger partial charge in [-0.25, -0.2) is 14.8 Å². The van der Waals surface area contributed by atoms with Crippen molar-refractivity contribution in [3.8, 4) is 11.3 Å². The molecule has 0 atom stereocenters. The maximum absolute atomic E-state index is 11.0. The third-order valence-electron chi connectivity index (χ3n) is 4.69. The number of carbonyl (C=O) groups is 1. The van der Waals surface area contributed by atoms with Gasteiger partial charge in [0.1, 0.15) is 0 Å². The highest BCUT2D eigenvalue weighted by atomic mass is 35.5. The van der Waals surface area contributed by atoms with Crippen molar-refractivity contribution in [2.24, 2.45) is 10.7 Å². The SMILES string of the molecule is N=C/C=C(\N)C1=NCc2cnc(Nc3ccc(C(=O)O)cc3)nc2-c2ccc(Cl)cc21. The van der Waals surface area contributed by atoms with Crippen molar-refractivity contribution in [3.63, 3.8) is 0 Å². The molecule has 1 aromatic heterocycles. The molecule has 1 aliphatic rings. The van der Waals surface area contributed by atoms with E-state index >= 15 is 0 Å². The number of nitrogens with zero attached hydrogens (tertiary/aromatic N) is 3. The van der Waals surface area contributed by atoms with Crippen LogP contribution in [0.1, 0.15) is 21.5 Å². The quantitative estimate of drug-likeness (QED) is 0.449. The lowest BCUT2D eigenvalue weighted by atomic mass is 9.97. The van der Waals surface area contributed by atoms with Crippen molar-refractivity contribution in [2.45, 2.75) is 6.54 Å². The highest BCUT2D eigenvalue weighted by Crippen LogP contribution is 2.33. The lowest BCUT2D eigenvalue weighted by molar-refractivity contribution is 0.0697. The normalized spacial score (nSPS) is 12.8. The number of rotatable bonds is 5. The molecular weight excluding hydrogens is 416 g/mol. The molecule has 8 nitrogen and oxygen atoms in total. The highest BCUT2D eigenvalue weighted by Gasteiger charge is 2.21. The van der Waals surface area contributed by atoms with Crippen LogP contribution in [0.2, 0.25) is 5.02 Å². The number of fused-ring (bicyclic) bond motifs is 3. The zero-order valence-electron chi connectivity index (χ0n) is 16.1. The van der Waals surface area contributed by atoms with Gasteiger partial charge in [-0.3, -0.25) is 4.99 Å². The van der Waals surface area contributed by atoms with Gasteiger partial charge in [0.25, 0.3) is 0 Å². The number of nitrogens with one attached hydrogen (secondary N) is 2. The van der Waals surface area contributed by atoms with Gasteiger partial charge in [-0.2, -0.15) is 0 Å². The fourth-order valence-corrected chi connectivity index (χ4v) is 3.40. The maximum Gasteiger partial charge on any atom is 0.335 e. The topological polar surface area (TPSA) is 137 Å². The average Bonchev–Trinajstić information content (AvgIpc) is 2.90. The highest BCUT2D eigenvalue weighted by molar-refractivity contribution is 6.31. The predicted octanol–water partition coefficient (Wildman–Crippen LogP) is 4.03. The van der Waals surface area contributed by atoms with E-state index in [1.165, 1.54) is 18.2 Å². The Balaban J connectivity index is 1.75. The van der Waals surface area contributed by atoms with Gasteiger partial charge in [0, 0.05) is 39.8 Å². The minimum absolute atomic E-state index is 0.194. The third-order valence-corrected chi connectivity index (χ3v) is 4.92. The number of nitrogens with two attached hydrogens (primary N) is 1. The molecule has 3 aromatic rings. The third kappa shape index (κ3) is 4.15. The van der Waals surface area contributed by atoms with Gasteiger partial charge in [-0.05, 0) is 42.5 Å². The summed E-state index contributed by atoms with van der Waals surface area (Å²) < 4.78 is 0. The van der Waals surface area contributed by atoms with Crippen molar-refractivity contribution in [2.75, 3.05) is 5.32 Å². The Morgan fingerprint density at radius 1 is 1.19 bits per heavy atom. The second kappa shape index (κ2) is 8.37. The van der Waals surface area contributed by atoms with Gasteiger partial charge in [-0.1, -0.05) is 17.7 Å². The number of aromatic nitrogens is 2. The molecule has 2 heterocycles. The van der Waals surface area contributed by atoms with Crippen LogP contribution in [0.5, 0.6) is 0 Å². The van der Waals surface area contributed by atoms with E-state index in [4.69, 9.17) is 27.9 Å². The largest absolute Gasteiger partial charge is 0.478 e. The second-order valence-electron chi connectivity index (χ2n) is 6.72. The van der Waals surface area contributed by atoms with E-state index in [-0.39, 0.29) is 5.56 Å². The first kappa shape index (κ1) is 20.2. The molecule has 0 saturated carbocycles.